The van der Waals surface area contributed by atoms with E-state index in [2.05, 4.69) is 17.6 Å². The van der Waals surface area contributed by atoms with Crippen LogP contribution in [0.1, 0.15) is 45.4 Å². The van der Waals surface area contributed by atoms with Gasteiger partial charge in [-0.05, 0) is 31.1 Å². The number of aliphatic carboxylic acids is 2. The first-order chi connectivity index (χ1) is 9.88. The van der Waals surface area contributed by atoms with Crippen LogP contribution in [0, 0.1) is 11.8 Å². The minimum absolute atomic E-state index is 0.126. The molecular formula is C14H24N2O5. The maximum atomic E-state index is 11.7. The quantitative estimate of drug-likeness (QED) is 0.567. The summed E-state index contributed by atoms with van der Waals surface area (Å²) in [7, 11) is 0. The third kappa shape index (κ3) is 6.97. The average molecular weight is 300 g/mol. The van der Waals surface area contributed by atoms with Gasteiger partial charge in [0.25, 0.3) is 0 Å². The molecule has 0 radical (unpaired) electrons. The second kappa shape index (κ2) is 8.49. The highest BCUT2D eigenvalue weighted by molar-refractivity contribution is 5.82. The van der Waals surface area contributed by atoms with Crippen LogP contribution in [-0.2, 0) is 9.59 Å². The van der Waals surface area contributed by atoms with Crippen molar-refractivity contribution in [1.29, 1.82) is 0 Å². The van der Waals surface area contributed by atoms with Gasteiger partial charge in [0, 0.05) is 13.0 Å². The van der Waals surface area contributed by atoms with E-state index in [1.165, 1.54) is 6.42 Å². The van der Waals surface area contributed by atoms with E-state index in [0.29, 0.717) is 18.4 Å². The fraction of sp³-hybridized carbons (Fsp3) is 0.786. The molecule has 0 saturated heterocycles. The molecule has 7 heteroatoms. The van der Waals surface area contributed by atoms with Gasteiger partial charge in [-0.15, -0.1) is 0 Å². The van der Waals surface area contributed by atoms with Crippen LogP contribution in [0.5, 0.6) is 0 Å². The number of hydrogen-bond donors (Lipinski definition) is 4. The number of amides is 2. The van der Waals surface area contributed by atoms with E-state index < -0.39 is 24.0 Å². The Morgan fingerprint density at radius 2 is 1.95 bits per heavy atom. The zero-order valence-corrected chi connectivity index (χ0v) is 12.3. The van der Waals surface area contributed by atoms with Crippen LogP contribution in [0.2, 0.25) is 0 Å². The largest absolute Gasteiger partial charge is 0.481 e. The van der Waals surface area contributed by atoms with Gasteiger partial charge in [0.1, 0.15) is 6.04 Å². The summed E-state index contributed by atoms with van der Waals surface area (Å²) < 4.78 is 0. The van der Waals surface area contributed by atoms with Crippen molar-refractivity contribution in [3.8, 4) is 0 Å². The number of carbonyl (C=O) groups excluding carboxylic acids is 1. The van der Waals surface area contributed by atoms with Crippen LogP contribution in [0.4, 0.5) is 4.79 Å². The summed E-state index contributed by atoms with van der Waals surface area (Å²) in [6, 6.07) is -1.72. The van der Waals surface area contributed by atoms with Crippen LogP contribution < -0.4 is 10.6 Å². The highest BCUT2D eigenvalue weighted by Crippen LogP contribution is 2.27. The summed E-state index contributed by atoms with van der Waals surface area (Å²) in [5.74, 6) is -1.21. The molecule has 1 rings (SSSR count). The van der Waals surface area contributed by atoms with Gasteiger partial charge < -0.3 is 20.8 Å². The lowest BCUT2D eigenvalue weighted by atomic mass is 9.82. The minimum Gasteiger partial charge on any atom is -0.481 e. The van der Waals surface area contributed by atoms with Crippen molar-refractivity contribution in [3.05, 3.63) is 0 Å². The number of carbonyl (C=O) groups is 3. The zero-order valence-electron chi connectivity index (χ0n) is 12.3. The van der Waals surface area contributed by atoms with E-state index in [1.54, 1.807) is 0 Å². The second-order valence-corrected chi connectivity index (χ2v) is 5.82. The molecule has 2 amide bonds. The van der Waals surface area contributed by atoms with Gasteiger partial charge >= 0.3 is 18.0 Å². The molecule has 0 heterocycles. The second-order valence-electron chi connectivity index (χ2n) is 5.82. The first-order valence-electron chi connectivity index (χ1n) is 7.37. The number of nitrogens with one attached hydrogen (secondary N) is 2. The standard InChI is InChI=1S/C14H24N2O5/c1-9-3-2-4-10(7-9)8-15-14(21)16-11(13(19)20)5-6-12(17)18/h9-11H,2-8H2,1H3,(H,17,18)(H,19,20)(H2,15,16,21)/t9?,10?,11-/m0/s1. The summed E-state index contributed by atoms with van der Waals surface area (Å²) >= 11 is 0. The molecule has 0 aromatic heterocycles. The number of carboxylic acids is 2. The Hall–Kier alpha value is -1.79. The lowest BCUT2D eigenvalue weighted by molar-refractivity contribution is -0.140. The smallest absolute Gasteiger partial charge is 0.326 e. The molecule has 1 aliphatic carbocycles. The van der Waals surface area contributed by atoms with Crippen molar-refractivity contribution < 1.29 is 24.6 Å². The molecule has 0 spiro atoms. The molecule has 0 aromatic rings. The maximum Gasteiger partial charge on any atom is 0.326 e. The number of carboxylic acid groups (broad SMARTS) is 2. The van der Waals surface area contributed by atoms with E-state index in [0.717, 1.165) is 19.3 Å². The molecule has 21 heavy (non-hydrogen) atoms. The Bertz CT molecular complexity index is 386. The van der Waals surface area contributed by atoms with E-state index in [4.69, 9.17) is 10.2 Å². The molecule has 1 fully saturated rings. The molecule has 1 saturated carbocycles. The highest BCUT2D eigenvalue weighted by Gasteiger charge is 2.22. The first kappa shape index (κ1) is 17.3. The van der Waals surface area contributed by atoms with Crippen LogP contribution in [-0.4, -0.2) is 40.8 Å². The lowest BCUT2D eigenvalue weighted by Gasteiger charge is -2.27. The fourth-order valence-corrected chi connectivity index (χ4v) is 2.72. The normalized spacial score (nSPS) is 23.1. The summed E-state index contributed by atoms with van der Waals surface area (Å²) in [6.45, 7) is 2.72. The van der Waals surface area contributed by atoms with E-state index in [1.807, 2.05) is 0 Å². The van der Waals surface area contributed by atoms with Crippen molar-refractivity contribution in [3.63, 3.8) is 0 Å². The summed E-state index contributed by atoms with van der Waals surface area (Å²) in [5, 5.41) is 22.5. The van der Waals surface area contributed by atoms with Crippen molar-refractivity contribution in [2.24, 2.45) is 11.8 Å². The van der Waals surface area contributed by atoms with Gasteiger partial charge in [-0.3, -0.25) is 4.79 Å². The highest BCUT2D eigenvalue weighted by atomic mass is 16.4. The van der Waals surface area contributed by atoms with Gasteiger partial charge in [0.2, 0.25) is 0 Å². The van der Waals surface area contributed by atoms with Gasteiger partial charge in [0.05, 0.1) is 0 Å². The predicted octanol–water partition coefficient (Wildman–Crippen LogP) is 1.43. The molecule has 7 nitrogen and oxygen atoms in total. The van der Waals surface area contributed by atoms with Crippen LogP contribution in [0.25, 0.3) is 0 Å². The lowest BCUT2D eigenvalue weighted by Crippen LogP contribution is -2.47. The molecule has 4 N–H and O–H groups in total. The van der Waals surface area contributed by atoms with Crippen molar-refractivity contribution in [1.82, 2.24) is 10.6 Å². The fourth-order valence-electron chi connectivity index (χ4n) is 2.72. The Morgan fingerprint density at radius 1 is 1.24 bits per heavy atom. The molecule has 2 unspecified atom stereocenters. The van der Waals surface area contributed by atoms with Crippen molar-refractivity contribution in [2.75, 3.05) is 6.54 Å². The van der Waals surface area contributed by atoms with Gasteiger partial charge in [0.15, 0.2) is 0 Å². The van der Waals surface area contributed by atoms with Gasteiger partial charge in [-0.2, -0.15) is 0 Å². The first-order valence-corrected chi connectivity index (χ1v) is 7.37. The molecule has 120 valence electrons. The van der Waals surface area contributed by atoms with Crippen LogP contribution in [0.3, 0.4) is 0 Å². The minimum atomic E-state index is -1.22. The van der Waals surface area contributed by atoms with Crippen molar-refractivity contribution in [2.45, 2.75) is 51.5 Å². The van der Waals surface area contributed by atoms with Crippen molar-refractivity contribution >= 4 is 18.0 Å². The molecule has 1 aliphatic rings. The molecule has 0 aliphatic heterocycles. The topological polar surface area (TPSA) is 116 Å². The Balaban J connectivity index is 2.32. The Morgan fingerprint density at radius 3 is 2.52 bits per heavy atom. The summed E-state index contributed by atoms with van der Waals surface area (Å²) in [5.41, 5.74) is 0. The molecule has 0 bridgehead atoms. The van der Waals surface area contributed by atoms with E-state index in [-0.39, 0.29) is 12.8 Å². The van der Waals surface area contributed by atoms with Crippen LogP contribution in [0.15, 0.2) is 0 Å². The Kier molecular flexibility index (Phi) is 6.98. The number of hydrogen-bond acceptors (Lipinski definition) is 3. The van der Waals surface area contributed by atoms with Crippen LogP contribution >= 0.6 is 0 Å². The third-order valence-corrected chi connectivity index (χ3v) is 3.85. The summed E-state index contributed by atoms with van der Waals surface area (Å²) in [6.07, 6.45) is 4.11. The zero-order chi connectivity index (χ0) is 15.8. The van der Waals surface area contributed by atoms with E-state index in [9.17, 15) is 14.4 Å². The maximum absolute atomic E-state index is 11.7. The third-order valence-electron chi connectivity index (χ3n) is 3.85. The average Bonchev–Trinajstić information content (AvgIpc) is 2.40. The predicted molar refractivity (Wildman–Crippen MR) is 76.0 cm³/mol. The summed E-state index contributed by atoms with van der Waals surface area (Å²) in [4.78, 5) is 33.1. The molecular weight excluding hydrogens is 276 g/mol. The number of urea groups is 1. The Labute approximate surface area is 124 Å². The SMILES string of the molecule is CC1CCCC(CNC(=O)N[C@@H](CCC(=O)O)C(=O)O)C1. The molecule has 3 atom stereocenters. The van der Waals surface area contributed by atoms with Gasteiger partial charge in [-0.1, -0.05) is 19.8 Å². The molecule has 0 aromatic carbocycles. The van der Waals surface area contributed by atoms with E-state index >= 15 is 0 Å². The monoisotopic (exact) mass is 300 g/mol. The number of rotatable bonds is 7. The van der Waals surface area contributed by atoms with Gasteiger partial charge in [-0.25, -0.2) is 9.59 Å².